The van der Waals surface area contributed by atoms with E-state index in [4.69, 9.17) is 0 Å². The van der Waals surface area contributed by atoms with Crippen LogP contribution in [0.25, 0.3) is 0 Å². The Labute approximate surface area is 115 Å². The molecule has 0 atom stereocenters. The number of aryl methyl sites for hydroxylation is 1. The van der Waals surface area contributed by atoms with Crippen molar-refractivity contribution in [1.82, 2.24) is 14.9 Å². The molecule has 1 amide bonds. The van der Waals surface area contributed by atoms with Crippen molar-refractivity contribution in [3.05, 3.63) is 64.6 Å². The van der Waals surface area contributed by atoms with Crippen LogP contribution in [-0.2, 0) is 17.9 Å². The van der Waals surface area contributed by atoms with Crippen LogP contribution in [0.4, 0.5) is 4.39 Å². The first-order chi connectivity index (χ1) is 9.65. The first-order valence-electron chi connectivity index (χ1n) is 6.18. The Hall–Kier alpha value is -2.50. The molecule has 0 radical (unpaired) electrons. The van der Waals surface area contributed by atoms with Crippen LogP contribution in [0.3, 0.4) is 0 Å². The van der Waals surface area contributed by atoms with Crippen LogP contribution in [0.5, 0.6) is 0 Å². The summed E-state index contributed by atoms with van der Waals surface area (Å²) in [6.07, 6.45) is 3.18. The topological polar surface area (TPSA) is 64.0 Å². The van der Waals surface area contributed by atoms with Crippen molar-refractivity contribution in [2.45, 2.75) is 19.5 Å². The molecule has 1 aromatic carbocycles. The predicted molar refractivity (Wildman–Crippen MR) is 71.4 cm³/mol. The highest BCUT2D eigenvalue weighted by Gasteiger charge is 2.03. The molecule has 2 aromatic rings. The molecule has 6 heteroatoms. The van der Waals surface area contributed by atoms with Gasteiger partial charge in [0.2, 0.25) is 5.91 Å². The number of hydrogen-bond donors (Lipinski definition) is 1. The molecular weight excluding hydrogens is 261 g/mol. The zero-order valence-electron chi connectivity index (χ0n) is 10.8. The lowest BCUT2D eigenvalue weighted by Crippen LogP contribution is -2.27. The Morgan fingerprint density at radius 1 is 1.30 bits per heavy atom. The molecule has 1 heterocycles. The van der Waals surface area contributed by atoms with E-state index in [9.17, 15) is 14.0 Å². The van der Waals surface area contributed by atoms with Crippen molar-refractivity contribution in [1.29, 1.82) is 0 Å². The number of halogens is 1. The molecule has 0 aliphatic heterocycles. The highest BCUT2D eigenvalue weighted by atomic mass is 19.1. The van der Waals surface area contributed by atoms with E-state index in [2.05, 4.69) is 10.3 Å². The van der Waals surface area contributed by atoms with Crippen molar-refractivity contribution < 1.29 is 9.18 Å². The van der Waals surface area contributed by atoms with Gasteiger partial charge in [-0.15, -0.1) is 0 Å². The summed E-state index contributed by atoms with van der Waals surface area (Å²) in [5, 5.41) is 2.71. The number of benzene rings is 1. The second-order valence-electron chi connectivity index (χ2n) is 4.25. The van der Waals surface area contributed by atoms with Crippen molar-refractivity contribution in [2.24, 2.45) is 0 Å². The summed E-state index contributed by atoms with van der Waals surface area (Å²) in [5.41, 5.74) is 0.442. The van der Waals surface area contributed by atoms with Crippen molar-refractivity contribution >= 4 is 5.91 Å². The number of amides is 1. The van der Waals surface area contributed by atoms with Gasteiger partial charge in [-0.2, -0.15) is 0 Å². The van der Waals surface area contributed by atoms with Gasteiger partial charge in [-0.05, 0) is 23.8 Å². The lowest BCUT2D eigenvalue weighted by Gasteiger charge is -2.06. The fourth-order valence-corrected chi connectivity index (χ4v) is 1.67. The molecule has 0 spiro atoms. The number of nitrogens with zero attached hydrogens (tertiary/aromatic N) is 2. The van der Waals surface area contributed by atoms with Crippen molar-refractivity contribution in [3.63, 3.8) is 0 Å². The monoisotopic (exact) mass is 275 g/mol. The first-order valence-corrected chi connectivity index (χ1v) is 6.18. The van der Waals surface area contributed by atoms with Gasteiger partial charge < -0.3 is 5.32 Å². The Morgan fingerprint density at radius 2 is 2.05 bits per heavy atom. The minimum absolute atomic E-state index is 0.176. The molecule has 1 N–H and O–H groups in total. The molecule has 5 nitrogen and oxygen atoms in total. The maximum atomic E-state index is 12.7. The number of aromatic nitrogens is 2. The van der Waals surface area contributed by atoms with E-state index < -0.39 is 0 Å². The summed E-state index contributed by atoms with van der Waals surface area (Å²) in [6.45, 7) is 0.614. The van der Waals surface area contributed by atoms with Crippen LogP contribution in [-0.4, -0.2) is 15.5 Å². The van der Waals surface area contributed by atoms with E-state index in [1.807, 2.05) is 0 Å². The van der Waals surface area contributed by atoms with Gasteiger partial charge in [-0.1, -0.05) is 12.1 Å². The number of hydrogen-bond acceptors (Lipinski definition) is 3. The Balaban J connectivity index is 1.80. The largest absolute Gasteiger partial charge is 0.352 e. The van der Waals surface area contributed by atoms with E-state index in [0.717, 1.165) is 5.56 Å². The summed E-state index contributed by atoms with van der Waals surface area (Å²) < 4.78 is 14.1. The fraction of sp³-hybridized carbons (Fsp3) is 0.214. The summed E-state index contributed by atoms with van der Waals surface area (Å²) in [5.74, 6) is -0.485. The van der Waals surface area contributed by atoms with Gasteiger partial charge in [0.05, 0.1) is 0 Å². The molecule has 0 saturated carbocycles. The minimum Gasteiger partial charge on any atom is -0.352 e. The summed E-state index contributed by atoms with van der Waals surface area (Å²) in [6, 6.07) is 7.55. The average Bonchev–Trinajstić information content (AvgIpc) is 2.46. The summed E-state index contributed by atoms with van der Waals surface area (Å²) in [7, 11) is 0. The lowest BCUT2D eigenvalue weighted by molar-refractivity contribution is -0.121. The third kappa shape index (κ3) is 4.01. The maximum Gasteiger partial charge on any atom is 0.347 e. The second-order valence-corrected chi connectivity index (χ2v) is 4.25. The van der Waals surface area contributed by atoms with Crippen LogP contribution in [0.1, 0.15) is 12.0 Å². The van der Waals surface area contributed by atoms with Crippen LogP contribution >= 0.6 is 0 Å². The van der Waals surface area contributed by atoms with Gasteiger partial charge in [0.25, 0.3) is 0 Å². The van der Waals surface area contributed by atoms with Crippen LogP contribution in [0.15, 0.2) is 47.5 Å². The van der Waals surface area contributed by atoms with Gasteiger partial charge >= 0.3 is 5.69 Å². The highest BCUT2D eigenvalue weighted by Crippen LogP contribution is 2.02. The molecule has 104 valence electrons. The van der Waals surface area contributed by atoms with Gasteiger partial charge in [-0.25, -0.2) is 14.2 Å². The fourth-order valence-electron chi connectivity index (χ4n) is 1.67. The third-order valence-electron chi connectivity index (χ3n) is 2.77. The maximum absolute atomic E-state index is 12.7. The lowest BCUT2D eigenvalue weighted by atomic mass is 10.2. The number of nitrogens with one attached hydrogen (secondary N) is 1. The second kappa shape index (κ2) is 6.60. The van der Waals surface area contributed by atoms with Gasteiger partial charge in [0.1, 0.15) is 5.82 Å². The van der Waals surface area contributed by atoms with Crippen molar-refractivity contribution in [2.75, 3.05) is 0 Å². The Bertz CT molecular complexity index is 637. The van der Waals surface area contributed by atoms with E-state index >= 15 is 0 Å². The van der Waals surface area contributed by atoms with E-state index in [0.29, 0.717) is 6.54 Å². The van der Waals surface area contributed by atoms with Gasteiger partial charge in [0.15, 0.2) is 0 Å². The predicted octanol–water partition coefficient (Wildman–Crippen LogP) is 1.09. The molecule has 0 bridgehead atoms. The number of carbonyl (C=O) groups excluding carboxylic acids is 1. The minimum atomic E-state index is -0.376. The third-order valence-corrected chi connectivity index (χ3v) is 2.77. The molecule has 1 aromatic heterocycles. The molecule has 20 heavy (non-hydrogen) atoms. The average molecular weight is 275 g/mol. The summed E-state index contributed by atoms with van der Waals surface area (Å²) in [4.78, 5) is 26.6. The number of carbonyl (C=O) groups is 1. The Morgan fingerprint density at radius 3 is 2.75 bits per heavy atom. The molecule has 0 fully saturated rings. The standard InChI is InChI=1S/C14H14FN3O2/c15-12-4-2-11(3-5-12)10-17-13(19)6-9-18-8-1-7-16-14(18)20/h1-5,7-8H,6,9-10H2,(H,17,19). The van der Waals surface area contributed by atoms with Crippen LogP contribution < -0.4 is 11.0 Å². The van der Waals surface area contributed by atoms with Crippen molar-refractivity contribution in [3.8, 4) is 0 Å². The number of rotatable bonds is 5. The van der Waals surface area contributed by atoms with Gasteiger partial charge in [0, 0.05) is 31.9 Å². The first kappa shape index (κ1) is 13.9. The normalized spacial score (nSPS) is 10.2. The molecule has 0 aliphatic carbocycles. The summed E-state index contributed by atoms with van der Waals surface area (Å²) >= 11 is 0. The zero-order chi connectivity index (χ0) is 14.4. The van der Waals surface area contributed by atoms with E-state index in [-0.39, 0.29) is 30.4 Å². The highest BCUT2D eigenvalue weighted by molar-refractivity contribution is 5.75. The molecule has 0 aliphatic rings. The van der Waals surface area contributed by atoms with Crippen LogP contribution in [0.2, 0.25) is 0 Å². The SMILES string of the molecule is O=C(CCn1cccnc1=O)NCc1ccc(F)cc1. The Kier molecular flexibility index (Phi) is 4.60. The zero-order valence-corrected chi connectivity index (χ0v) is 10.8. The quantitative estimate of drug-likeness (QED) is 0.888. The van der Waals surface area contributed by atoms with Gasteiger partial charge in [-0.3, -0.25) is 9.36 Å². The molecule has 2 rings (SSSR count). The molecule has 0 unspecified atom stereocenters. The smallest absolute Gasteiger partial charge is 0.347 e. The van der Waals surface area contributed by atoms with Crippen LogP contribution in [0, 0.1) is 5.82 Å². The molecular formula is C14H14FN3O2. The van der Waals surface area contributed by atoms with E-state index in [1.54, 1.807) is 24.4 Å². The molecule has 0 saturated heterocycles. The van der Waals surface area contributed by atoms with E-state index in [1.165, 1.54) is 22.9 Å².